The molecule has 98 valence electrons. The number of hydrogen-bond acceptors (Lipinski definition) is 4. The van der Waals surface area contributed by atoms with Crippen LogP contribution in [0.25, 0.3) is 0 Å². The van der Waals surface area contributed by atoms with Crippen molar-refractivity contribution in [3.8, 4) is 0 Å². The first kappa shape index (κ1) is 12.8. The molecule has 0 radical (unpaired) electrons. The van der Waals surface area contributed by atoms with E-state index in [0.29, 0.717) is 11.7 Å². The molecule has 0 bridgehead atoms. The molecule has 2 rings (SSSR count). The van der Waals surface area contributed by atoms with Gasteiger partial charge in [-0.2, -0.15) is 0 Å². The smallest absolute Gasteiger partial charge is 0.311 e. The second kappa shape index (κ2) is 5.33. The number of aryl methyl sites for hydroxylation is 1. The van der Waals surface area contributed by atoms with Gasteiger partial charge in [0.25, 0.3) is 0 Å². The Kier molecular flexibility index (Phi) is 3.79. The number of nitro groups is 1. The summed E-state index contributed by atoms with van der Waals surface area (Å²) < 4.78 is 0. The van der Waals surface area contributed by atoms with Gasteiger partial charge >= 0.3 is 5.69 Å². The van der Waals surface area contributed by atoms with Crippen LogP contribution in [0.4, 0.5) is 11.5 Å². The van der Waals surface area contributed by atoms with Crippen LogP contribution in [0.5, 0.6) is 0 Å². The van der Waals surface area contributed by atoms with E-state index < -0.39 is 0 Å². The molecule has 5 nitrogen and oxygen atoms in total. The van der Waals surface area contributed by atoms with E-state index in [2.05, 4.69) is 17.2 Å². The predicted molar refractivity (Wildman–Crippen MR) is 70.6 cm³/mol. The lowest BCUT2D eigenvalue weighted by atomic mass is 10.1. The fourth-order valence-corrected chi connectivity index (χ4v) is 2.58. The van der Waals surface area contributed by atoms with Crippen LogP contribution >= 0.6 is 0 Å². The Bertz CT molecular complexity index is 448. The first-order valence-electron chi connectivity index (χ1n) is 6.42. The zero-order chi connectivity index (χ0) is 13.1. The Morgan fingerprint density at radius 2 is 2.28 bits per heavy atom. The lowest BCUT2D eigenvalue weighted by Gasteiger charge is -2.12. The molecular weight excluding hydrogens is 230 g/mol. The molecule has 2 unspecified atom stereocenters. The molecule has 1 aromatic rings. The molecule has 1 saturated carbocycles. The molecule has 1 heterocycles. The second-order valence-electron chi connectivity index (χ2n) is 5.24. The topological polar surface area (TPSA) is 68.1 Å². The monoisotopic (exact) mass is 249 g/mol. The standard InChI is InChI=1S/C13H19N3O2/c1-9-3-5-11(7-9)8-14-13-12(16(17)18)6-4-10(2)15-13/h4,6,9,11H,3,5,7-8H2,1-2H3,(H,14,15). The molecule has 1 aliphatic carbocycles. The summed E-state index contributed by atoms with van der Waals surface area (Å²) in [5.74, 6) is 1.79. The fraction of sp³-hybridized carbons (Fsp3) is 0.615. The van der Waals surface area contributed by atoms with Gasteiger partial charge in [0.1, 0.15) is 0 Å². The first-order chi connectivity index (χ1) is 8.56. The molecule has 5 heteroatoms. The number of pyridine rings is 1. The van der Waals surface area contributed by atoms with E-state index in [0.717, 1.165) is 18.2 Å². The third-order valence-corrected chi connectivity index (χ3v) is 3.57. The summed E-state index contributed by atoms with van der Waals surface area (Å²) in [5, 5.41) is 14.1. The van der Waals surface area contributed by atoms with Crippen LogP contribution in [0.1, 0.15) is 31.9 Å². The molecule has 2 atom stereocenters. The normalized spacial score (nSPS) is 23.0. The summed E-state index contributed by atoms with van der Waals surface area (Å²) in [6.07, 6.45) is 3.66. The van der Waals surface area contributed by atoms with E-state index in [4.69, 9.17) is 0 Å². The van der Waals surface area contributed by atoms with Gasteiger partial charge in [0.05, 0.1) is 4.92 Å². The van der Waals surface area contributed by atoms with Gasteiger partial charge in [-0.1, -0.05) is 13.3 Å². The van der Waals surface area contributed by atoms with Crippen molar-refractivity contribution in [2.24, 2.45) is 11.8 Å². The van der Waals surface area contributed by atoms with Crippen LogP contribution in [-0.2, 0) is 0 Å². The van der Waals surface area contributed by atoms with E-state index in [9.17, 15) is 10.1 Å². The number of rotatable bonds is 4. The highest BCUT2D eigenvalue weighted by molar-refractivity contribution is 5.56. The molecule has 1 N–H and O–H groups in total. The Labute approximate surface area is 107 Å². The van der Waals surface area contributed by atoms with Crippen molar-refractivity contribution in [2.45, 2.75) is 33.1 Å². The summed E-state index contributed by atoms with van der Waals surface area (Å²) in [7, 11) is 0. The molecule has 0 aromatic carbocycles. The van der Waals surface area contributed by atoms with Crippen molar-refractivity contribution in [1.82, 2.24) is 4.98 Å². The number of nitrogens with one attached hydrogen (secondary N) is 1. The van der Waals surface area contributed by atoms with E-state index in [1.807, 2.05) is 6.92 Å². The molecule has 0 amide bonds. The molecule has 0 aliphatic heterocycles. The number of aromatic nitrogens is 1. The SMILES string of the molecule is Cc1ccc([N+](=O)[O-])c(NCC2CCC(C)C2)n1. The van der Waals surface area contributed by atoms with E-state index in [1.165, 1.54) is 25.3 Å². The van der Waals surface area contributed by atoms with Gasteiger partial charge < -0.3 is 5.32 Å². The largest absolute Gasteiger partial charge is 0.364 e. The minimum absolute atomic E-state index is 0.0617. The van der Waals surface area contributed by atoms with Crippen molar-refractivity contribution in [2.75, 3.05) is 11.9 Å². The van der Waals surface area contributed by atoms with Gasteiger partial charge in [-0.05, 0) is 37.7 Å². The van der Waals surface area contributed by atoms with Gasteiger partial charge in [-0.25, -0.2) is 4.98 Å². The summed E-state index contributed by atoms with van der Waals surface area (Å²) >= 11 is 0. The van der Waals surface area contributed by atoms with Crippen LogP contribution in [-0.4, -0.2) is 16.5 Å². The maximum Gasteiger partial charge on any atom is 0.311 e. The van der Waals surface area contributed by atoms with Crippen molar-refractivity contribution < 1.29 is 4.92 Å². The van der Waals surface area contributed by atoms with Gasteiger partial charge in [0.15, 0.2) is 0 Å². The van der Waals surface area contributed by atoms with E-state index in [1.54, 1.807) is 6.07 Å². The summed E-state index contributed by atoms with van der Waals surface area (Å²) in [5.41, 5.74) is 0.856. The Balaban J connectivity index is 2.04. The molecule has 1 aliphatic rings. The van der Waals surface area contributed by atoms with Crippen LogP contribution in [0.2, 0.25) is 0 Å². The highest BCUT2D eigenvalue weighted by Gasteiger charge is 2.22. The van der Waals surface area contributed by atoms with Crippen molar-refractivity contribution in [1.29, 1.82) is 0 Å². The average Bonchev–Trinajstić information content (AvgIpc) is 2.72. The lowest BCUT2D eigenvalue weighted by molar-refractivity contribution is -0.384. The van der Waals surface area contributed by atoms with Gasteiger partial charge in [0.2, 0.25) is 5.82 Å². The van der Waals surface area contributed by atoms with Gasteiger partial charge in [-0.15, -0.1) is 0 Å². The van der Waals surface area contributed by atoms with Crippen molar-refractivity contribution in [3.63, 3.8) is 0 Å². The average molecular weight is 249 g/mol. The van der Waals surface area contributed by atoms with Crippen LogP contribution in [0, 0.1) is 28.9 Å². The van der Waals surface area contributed by atoms with Crippen LogP contribution in [0.15, 0.2) is 12.1 Å². The highest BCUT2D eigenvalue weighted by atomic mass is 16.6. The first-order valence-corrected chi connectivity index (χ1v) is 6.42. The maximum absolute atomic E-state index is 10.9. The predicted octanol–water partition coefficient (Wildman–Crippen LogP) is 3.15. The van der Waals surface area contributed by atoms with Gasteiger partial charge in [-0.3, -0.25) is 10.1 Å². The summed E-state index contributed by atoms with van der Waals surface area (Å²) in [6, 6.07) is 3.18. The molecule has 1 aromatic heterocycles. The zero-order valence-corrected chi connectivity index (χ0v) is 10.8. The lowest BCUT2D eigenvalue weighted by Crippen LogP contribution is -2.13. The molecule has 1 fully saturated rings. The van der Waals surface area contributed by atoms with Crippen LogP contribution in [0.3, 0.4) is 0 Å². The van der Waals surface area contributed by atoms with Crippen LogP contribution < -0.4 is 5.32 Å². The third kappa shape index (κ3) is 2.97. The Morgan fingerprint density at radius 3 is 2.89 bits per heavy atom. The Morgan fingerprint density at radius 1 is 1.50 bits per heavy atom. The zero-order valence-electron chi connectivity index (χ0n) is 10.8. The summed E-state index contributed by atoms with van der Waals surface area (Å²) in [4.78, 5) is 14.7. The molecular formula is C13H19N3O2. The maximum atomic E-state index is 10.9. The van der Waals surface area contributed by atoms with Crippen molar-refractivity contribution >= 4 is 11.5 Å². The van der Waals surface area contributed by atoms with Gasteiger partial charge in [0, 0.05) is 18.3 Å². The molecule has 18 heavy (non-hydrogen) atoms. The molecule has 0 saturated heterocycles. The minimum Gasteiger partial charge on any atom is -0.364 e. The third-order valence-electron chi connectivity index (χ3n) is 3.57. The van der Waals surface area contributed by atoms with Crippen molar-refractivity contribution in [3.05, 3.63) is 27.9 Å². The number of hydrogen-bond donors (Lipinski definition) is 1. The quantitative estimate of drug-likeness (QED) is 0.657. The molecule has 0 spiro atoms. The second-order valence-corrected chi connectivity index (χ2v) is 5.24. The number of anilines is 1. The fourth-order valence-electron chi connectivity index (χ4n) is 2.58. The minimum atomic E-state index is -0.383. The van der Waals surface area contributed by atoms with E-state index in [-0.39, 0.29) is 10.6 Å². The number of nitrogens with zero attached hydrogens (tertiary/aromatic N) is 2. The van der Waals surface area contributed by atoms with E-state index >= 15 is 0 Å². The highest BCUT2D eigenvalue weighted by Crippen LogP contribution is 2.31. The summed E-state index contributed by atoms with van der Waals surface area (Å²) in [6.45, 7) is 4.88. The Hall–Kier alpha value is -1.65.